The molecule has 2 aliphatic heterocycles. The molecule has 0 amide bonds. The lowest BCUT2D eigenvalue weighted by molar-refractivity contribution is 0.168. The van der Waals surface area contributed by atoms with Gasteiger partial charge in [-0.15, -0.1) is 0 Å². The fourth-order valence-electron chi connectivity index (χ4n) is 5.11. The third-order valence-electron chi connectivity index (χ3n) is 6.71. The minimum Gasteiger partial charge on any atom is -0.432 e. The van der Waals surface area contributed by atoms with Gasteiger partial charge in [-0.05, 0) is 63.1 Å². The Balaban J connectivity index is 1.36. The molecule has 2 aliphatic rings. The Labute approximate surface area is 179 Å². The highest BCUT2D eigenvalue weighted by Gasteiger charge is 2.38. The molecular formula is C23H23FN6O. The molecule has 0 saturated carbocycles. The first-order valence-corrected chi connectivity index (χ1v) is 10.7. The van der Waals surface area contributed by atoms with Gasteiger partial charge in [-0.1, -0.05) is 0 Å². The van der Waals surface area contributed by atoms with Gasteiger partial charge in [0.25, 0.3) is 0 Å². The van der Waals surface area contributed by atoms with E-state index in [1.54, 1.807) is 24.6 Å². The van der Waals surface area contributed by atoms with E-state index < -0.39 is 0 Å². The Morgan fingerprint density at radius 2 is 1.84 bits per heavy atom. The van der Waals surface area contributed by atoms with E-state index >= 15 is 0 Å². The van der Waals surface area contributed by atoms with E-state index in [1.807, 2.05) is 16.7 Å². The maximum absolute atomic E-state index is 13.5. The molecule has 2 fully saturated rings. The van der Waals surface area contributed by atoms with Gasteiger partial charge in [0.2, 0.25) is 5.95 Å². The van der Waals surface area contributed by atoms with Crippen LogP contribution in [0.15, 0.2) is 53.4 Å². The maximum atomic E-state index is 13.5. The van der Waals surface area contributed by atoms with Crippen LogP contribution in [0.25, 0.3) is 28.5 Å². The molecule has 1 N–H and O–H groups in total. The number of benzene rings is 1. The topological polar surface area (TPSA) is 71.5 Å². The molecule has 3 atom stereocenters. The second-order valence-electron chi connectivity index (χ2n) is 8.50. The van der Waals surface area contributed by atoms with Crippen molar-refractivity contribution in [2.75, 3.05) is 12.4 Å². The van der Waals surface area contributed by atoms with Crippen LogP contribution in [0.2, 0.25) is 0 Å². The lowest BCUT2D eigenvalue weighted by Gasteiger charge is -2.36. The summed E-state index contributed by atoms with van der Waals surface area (Å²) in [5.74, 6) is 0.804. The van der Waals surface area contributed by atoms with Crippen LogP contribution in [0.4, 0.5) is 10.3 Å². The first-order chi connectivity index (χ1) is 15.2. The quantitative estimate of drug-likeness (QED) is 0.535. The van der Waals surface area contributed by atoms with Crippen molar-refractivity contribution in [2.24, 2.45) is 0 Å². The molecular weight excluding hydrogens is 395 g/mol. The molecule has 2 bridgehead atoms. The van der Waals surface area contributed by atoms with Crippen LogP contribution in [0.5, 0.6) is 0 Å². The predicted octanol–water partition coefficient (Wildman–Crippen LogP) is 4.23. The van der Waals surface area contributed by atoms with Crippen molar-refractivity contribution in [3.63, 3.8) is 0 Å². The molecule has 2 saturated heterocycles. The summed E-state index contributed by atoms with van der Waals surface area (Å²) in [5.41, 5.74) is 3.03. The number of aromatic nitrogens is 4. The SMILES string of the molecule is CN1[C@@H]2CC[C@H]1C[C@@H](Nc1nccc(-c3c(-c4ccc(F)cc4)nc4occn34)n1)C2. The average molecular weight is 418 g/mol. The Hall–Kier alpha value is -3.26. The van der Waals surface area contributed by atoms with E-state index in [0.717, 1.165) is 29.8 Å². The van der Waals surface area contributed by atoms with Crippen molar-refractivity contribution in [1.29, 1.82) is 0 Å². The summed E-state index contributed by atoms with van der Waals surface area (Å²) in [4.78, 5) is 16.4. The Morgan fingerprint density at radius 1 is 1.06 bits per heavy atom. The monoisotopic (exact) mass is 418 g/mol. The van der Waals surface area contributed by atoms with E-state index in [2.05, 4.69) is 27.2 Å². The van der Waals surface area contributed by atoms with Gasteiger partial charge in [-0.2, -0.15) is 4.98 Å². The largest absolute Gasteiger partial charge is 0.432 e. The summed E-state index contributed by atoms with van der Waals surface area (Å²) in [6.07, 6.45) is 9.94. The molecule has 7 nitrogen and oxygen atoms in total. The fraction of sp³-hybridized carbons (Fsp3) is 0.348. The molecule has 8 heteroatoms. The molecule has 3 aromatic heterocycles. The molecule has 4 aromatic rings. The zero-order valence-corrected chi connectivity index (χ0v) is 17.2. The van der Waals surface area contributed by atoms with Gasteiger partial charge < -0.3 is 14.6 Å². The molecule has 0 radical (unpaired) electrons. The molecule has 0 spiro atoms. The first-order valence-electron chi connectivity index (χ1n) is 10.7. The number of hydrogen-bond donors (Lipinski definition) is 1. The highest BCUT2D eigenvalue weighted by molar-refractivity contribution is 5.79. The van der Waals surface area contributed by atoms with Crippen molar-refractivity contribution in [1.82, 2.24) is 24.3 Å². The van der Waals surface area contributed by atoms with Gasteiger partial charge in [0, 0.05) is 36.1 Å². The maximum Gasteiger partial charge on any atom is 0.306 e. The number of hydrogen-bond acceptors (Lipinski definition) is 6. The van der Waals surface area contributed by atoms with E-state index in [4.69, 9.17) is 9.40 Å². The van der Waals surface area contributed by atoms with Crippen LogP contribution in [-0.2, 0) is 0 Å². The lowest BCUT2D eigenvalue weighted by Crippen LogP contribution is -2.44. The summed E-state index contributed by atoms with van der Waals surface area (Å²) in [5, 5.41) is 3.56. The van der Waals surface area contributed by atoms with Crippen LogP contribution in [-0.4, -0.2) is 49.4 Å². The summed E-state index contributed by atoms with van der Waals surface area (Å²) < 4.78 is 20.8. The van der Waals surface area contributed by atoms with E-state index in [-0.39, 0.29) is 5.82 Å². The Morgan fingerprint density at radius 3 is 2.61 bits per heavy atom. The first kappa shape index (κ1) is 18.5. The minimum atomic E-state index is -0.284. The van der Waals surface area contributed by atoms with Gasteiger partial charge in [-0.25, -0.2) is 14.4 Å². The highest BCUT2D eigenvalue weighted by Crippen LogP contribution is 2.36. The number of halogens is 1. The summed E-state index contributed by atoms with van der Waals surface area (Å²) in [6.45, 7) is 0. The zero-order chi connectivity index (χ0) is 20.9. The minimum absolute atomic E-state index is 0.284. The van der Waals surface area contributed by atoms with Crippen LogP contribution < -0.4 is 5.32 Å². The molecule has 31 heavy (non-hydrogen) atoms. The number of nitrogens with one attached hydrogen (secondary N) is 1. The third kappa shape index (κ3) is 3.18. The fourth-order valence-corrected chi connectivity index (χ4v) is 5.11. The van der Waals surface area contributed by atoms with Gasteiger partial charge in [0.15, 0.2) is 0 Å². The van der Waals surface area contributed by atoms with E-state index in [1.165, 1.54) is 25.0 Å². The van der Waals surface area contributed by atoms with Crippen molar-refractivity contribution in [3.8, 4) is 22.6 Å². The second-order valence-corrected chi connectivity index (χ2v) is 8.50. The van der Waals surface area contributed by atoms with Crippen LogP contribution in [0.1, 0.15) is 25.7 Å². The highest BCUT2D eigenvalue weighted by atomic mass is 19.1. The van der Waals surface area contributed by atoms with E-state index in [0.29, 0.717) is 35.6 Å². The third-order valence-corrected chi connectivity index (χ3v) is 6.71. The van der Waals surface area contributed by atoms with Crippen LogP contribution >= 0.6 is 0 Å². The Bertz CT molecular complexity index is 1220. The summed E-state index contributed by atoms with van der Waals surface area (Å²) in [7, 11) is 2.24. The van der Waals surface area contributed by atoms with Gasteiger partial charge in [0.1, 0.15) is 23.5 Å². The lowest BCUT2D eigenvalue weighted by atomic mass is 9.98. The van der Waals surface area contributed by atoms with Crippen molar-refractivity contribution in [2.45, 2.75) is 43.8 Å². The van der Waals surface area contributed by atoms with Gasteiger partial charge >= 0.3 is 5.84 Å². The zero-order valence-electron chi connectivity index (χ0n) is 17.2. The van der Waals surface area contributed by atoms with Crippen molar-refractivity contribution < 1.29 is 8.81 Å². The standard InChI is InChI=1S/C23H23FN6O/c1-29-17-6-7-18(29)13-16(12-17)26-22-25-9-8-19(27-22)21-20(14-2-4-15(24)5-3-14)28-23-30(21)10-11-31-23/h2-5,8-11,16-18H,6-7,12-13H2,1H3,(H,25,26,27)/t16-,17+,18-. The normalized spacial score (nSPS) is 23.5. The van der Waals surface area contributed by atoms with Crippen molar-refractivity contribution >= 4 is 11.8 Å². The number of piperidine rings is 1. The molecule has 0 aliphatic carbocycles. The number of fused-ring (bicyclic) bond motifs is 3. The number of imidazole rings is 1. The van der Waals surface area contributed by atoms with Crippen molar-refractivity contribution in [3.05, 3.63) is 54.8 Å². The average Bonchev–Trinajstić information content (AvgIpc) is 3.40. The Kier molecular flexibility index (Phi) is 4.27. The summed E-state index contributed by atoms with van der Waals surface area (Å²) in [6, 6.07) is 9.83. The predicted molar refractivity (Wildman–Crippen MR) is 115 cm³/mol. The molecule has 6 rings (SSSR count). The summed E-state index contributed by atoms with van der Waals surface area (Å²) >= 11 is 0. The number of oxazole rings is 1. The van der Waals surface area contributed by atoms with Crippen LogP contribution in [0, 0.1) is 5.82 Å². The molecule has 158 valence electrons. The van der Waals surface area contributed by atoms with Crippen LogP contribution in [0.3, 0.4) is 0 Å². The number of anilines is 1. The molecule has 1 aromatic carbocycles. The smallest absolute Gasteiger partial charge is 0.306 e. The van der Waals surface area contributed by atoms with Gasteiger partial charge in [0.05, 0.1) is 5.69 Å². The second kappa shape index (κ2) is 7.16. The molecule has 0 unspecified atom stereocenters. The molecule has 5 heterocycles. The number of nitrogens with zero attached hydrogens (tertiary/aromatic N) is 5. The van der Waals surface area contributed by atoms with E-state index in [9.17, 15) is 4.39 Å². The van der Waals surface area contributed by atoms with Gasteiger partial charge in [-0.3, -0.25) is 4.40 Å². The number of rotatable bonds is 4.